The highest BCUT2D eigenvalue weighted by Gasteiger charge is 2.19. The van der Waals surface area contributed by atoms with Gasteiger partial charge in [0.2, 0.25) is 0 Å². The van der Waals surface area contributed by atoms with Crippen molar-refractivity contribution in [2.75, 3.05) is 13.2 Å². The van der Waals surface area contributed by atoms with Crippen molar-refractivity contribution in [2.45, 2.75) is 45.8 Å². The molecule has 3 rings (SSSR count). The Kier molecular flexibility index (Phi) is 4.61. The van der Waals surface area contributed by atoms with Gasteiger partial charge in [0.15, 0.2) is 0 Å². The molecular formula is C18H26N2O. The molecule has 1 N–H and O–H groups in total. The monoisotopic (exact) mass is 286 g/mol. The fourth-order valence-electron chi connectivity index (χ4n) is 2.57. The van der Waals surface area contributed by atoms with Crippen LogP contribution in [0.3, 0.4) is 0 Å². The lowest BCUT2D eigenvalue weighted by Gasteiger charge is -2.10. The lowest BCUT2D eigenvalue weighted by molar-refractivity contribution is 0.104. The summed E-state index contributed by atoms with van der Waals surface area (Å²) in [6.07, 6.45) is 4.85. The van der Waals surface area contributed by atoms with Crippen LogP contribution in [0.15, 0.2) is 30.5 Å². The number of nitrogens with zero attached hydrogens (tertiary/aromatic N) is 1. The molecule has 0 amide bonds. The number of ether oxygens (including phenoxy) is 1. The average molecular weight is 286 g/mol. The fraction of sp³-hybridized carbons (Fsp3) is 0.556. The van der Waals surface area contributed by atoms with Gasteiger partial charge in [-0.15, -0.1) is 0 Å². The molecular weight excluding hydrogens is 260 g/mol. The first kappa shape index (κ1) is 14.6. The van der Waals surface area contributed by atoms with E-state index in [9.17, 15) is 0 Å². The second-order valence-electron chi connectivity index (χ2n) is 6.53. The van der Waals surface area contributed by atoms with E-state index in [0.717, 1.165) is 32.3 Å². The van der Waals surface area contributed by atoms with Crippen molar-refractivity contribution in [3.8, 4) is 0 Å². The van der Waals surface area contributed by atoms with E-state index in [2.05, 4.69) is 54.2 Å². The molecule has 1 aliphatic rings. The summed E-state index contributed by atoms with van der Waals surface area (Å²) in [7, 11) is 0. The van der Waals surface area contributed by atoms with Crippen LogP contribution in [0.25, 0.3) is 10.9 Å². The van der Waals surface area contributed by atoms with Crippen LogP contribution >= 0.6 is 0 Å². The van der Waals surface area contributed by atoms with Crippen molar-refractivity contribution in [3.05, 3.63) is 36.0 Å². The van der Waals surface area contributed by atoms with Gasteiger partial charge in [-0.2, -0.15) is 0 Å². The minimum Gasteiger partial charge on any atom is -0.379 e. The average Bonchev–Trinajstić information content (AvgIpc) is 3.22. The predicted octanol–water partition coefficient (Wildman–Crippen LogP) is 3.57. The minimum absolute atomic E-state index is 0.603. The third kappa shape index (κ3) is 4.08. The van der Waals surface area contributed by atoms with Crippen molar-refractivity contribution in [3.63, 3.8) is 0 Å². The molecule has 3 heteroatoms. The molecule has 1 aromatic heterocycles. The number of aromatic nitrogens is 1. The molecule has 1 saturated carbocycles. The summed E-state index contributed by atoms with van der Waals surface area (Å²) in [6.45, 7) is 7.90. The Labute approximate surface area is 127 Å². The fourth-order valence-corrected chi connectivity index (χ4v) is 2.57. The third-order valence-corrected chi connectivity index (χ3v) is 3.94. The van der Waals surface area contributed by atoms with Crippen molar-refractivity contribution < 1.29 is 4.74 Å². The molecule has 2 aromatic rings. The van der Waals surface area contributed by atoms with Crippen LogP contribution in [-0.2, 0) is 17.8 Å². The van der Waals surface area contributed by atoms with E-state index in [-0.39, 0.29) is 0 Å². The molecule has 0 spiro atoms. The van der Waals surface area contributed by atoms with E-state index in [4.69, 9.17) is 4.74 Å². The molecule has 0 unspecified atom stereocenters. The van der Waals surface area contributed by atoms with E-state index in [1.54, 1.807) is 0 Å². The maximum absolute atomic E-state index is 5.70. The molecule has 3 nitrogen and oxygen atoms in total. The van der Waals surface area contributed by atoms with Gasteiger partial charge in [0.25, 0.3) is 0 Å². The molecule has 0 atom stereocenters. The quantitative estimate of drug-likeness (QED) is 0.751. The zero-order chi connectivity index (χ0) is 14.7. The number of benzene rings is 1. The third-order valence-electron chi connectivity index (χ3n) is 3.94. The lowest BCUT2D eigenvalue weighted by Crippen LogP contribution is -2.15. The van der Waals surface area contributed by atoms with Gasteiger partial charge >= 0.3 is 0 Å². The van der Waals surface area contributed by atoms with Gasteiger partial charge in [0.05, 0.1) is 6.61 Å². The van der Waals surface area contributed by atoms with Crippen LogP contribution in [0.4, 0.5) is 0 Å². The molecule has 21 heavy (non-hydrogen) atoms. The summed E-state index contributed by atoms with van der Waals surface area (Å²) < 4.78 is 8.00. The van der Waals surface area contributed by atoms with Crippen molar-refractivity contribution >= 4 is 10.9 Å². The normalized spacial score (nSPS) is 15.2. The first-order chi connectivity index (χ1) is 10.2. The minimum atomic E-state index is 0.603. The second kappa shape index (κ2) is 6.63. The van der Waals surface area contributed by atoms with Gasteiger partial charge < -0.3 is 14.6 Å². The van der Waals surface area contributed by atoms with Gasteiger partial charge in [-0.3, -0.25) is 0 Å². The second-order valence-corrected chi connectivity index (χ2v) is 6.53. The van der Waals surface area contributed by atoms with Gasteiger partial charge in [0.1, 0.15) is 0 Å². The highest BCUT2D eigenvalue weighted by molar-refractivity contribution is 5.80. The Balaban J connectivity index is 1.62. The summed E-state index contributed by atoms with van der Waals surface area (Å²) >= 11 is 0. The maximum atomic E-state index is 5.70. The standard InChI is InChI=1S/C18H26N2O/c1-14(2)13-21-10-9-20-8-7-16-4-3-15(11-18(16)20)12-19-17-5-6-17/h3-4,7-8,11,14,17,19H,5-6,9-10,12-13H2,1-2H3. The molecule has 1 fully saturated rings. The summed E-state index contributed by atoms with van der Waals surface area (Å²) in [5.74, 6) is 0.603. The van der Waals surface area contributed by atoms with E-state index >= 15 is 0 Å². The number of hydrogen-bond donors (Lipinski definition) is 1. The molecule has 114 valence electrons. The van der Waals surface area contributed by atoms with Crippen molar-refractivity contribution in [2.24, 2.45) is 5.92 Å². The molecule has 0 radical (unpaired) electrons. The first-order valence-electron chi connectivity index (χ1n) is 8.11. The van der Waals surface area contributed by atoms with Crippen LogP contribution in [-0.4, -0.2) is 23.8 Å². The Bertz CT molecular complexity index is 584. The maximum Gasteiger partial charge on any atom is 0.0645 e. The lowest BCUT2D eigenvalue weighted by atomic mass is 10.1. The Morgan fingerprint density at radius 1 is 1.29 bits per heavy atom. The highest BCUT2D eigenvalue weighted by atomic mass is 16.5. The predicted molar refractivity (Wildman–Crippen MR) is 87.5 cm³/mol. The van der Waals surface area contributed by atoms with E-state index < -0.39 is 0 Å². The highest BCUT2D eigenvalue weighted by Crippen LogP contribution is 2.21. The van der Waals surface area contributed by atoms with Crippen molar-refractivity contribution in [1.29, 1.82) is 0 Å². The summed E-state index contributed by atoms with van der Waals surface area (Å²) in [6, 6.07) is 9.72. The smallest absolute Gasteiger partial charge is 0.0645 e. The number of nitrogens with one attached hydrogen (secondary N) is 1. The molecule has 0 saturated heterocycles. The van der Waals surface area contributed by atoms with Crippen LogP contribution in [0.5, 0.6) is 0 Å². The zero-order valence-corrected chi connectivity index (χ0v) is 13.1. The van der Waals surface area contributed by atoms with E-state index in [0.29, 0.717) is 5.92 Å². The molecule has 0 bridgehead atoms. The van der Waals surface area contributed by atoms with Crippen LogP contribution in [0.2, 0.25) is 0 Å². The van der Waals surface area contributed by atoms with Crippen LogP contribution in [0, 0.1) is 5.92 Å². The van der Waals surface area contributed by atoms with E-state index in [1.807, 2.05) is 0 Å². The molecule has 1 heterocycles. The Morgan fingerprint density at radius 2 is 2.14 bits per heavy atom. The Morgan fingerprint density at radius 3 is 2.90 bits per heavy atom. The SMILES string of the molecule is CC(C)COCCn1ccc2ccc(CNC3CC3)cc21. The Hall–Kier alpha value is -1.32. The molecule has 1 aliphatic carbocycles. The number of rotatable bonds is 8. The van der Waals surface area contributed by atoms with Gasteiger partial charge in [-0.1, -0.05) is 26.0 Å². The van der Waals surface area contributed by atoms with Crippen LogP contribution < -0.4 is 5.32 Å². The topological polar surface area (TPSA) is 26.2 Å². The van der Waals surface area contributed by atoms with Gasteiger partial charge in [0, 0.05) is 37.5 Å². The number of fused-ring (bicyclic) bond motifs is 1. The number of hydrogen-bond acceptors (Lipinski definition) is 2. The van der Waals surface area contributed by atoms with Gasteiger partial charge in [-0.25, -0.2) is 0 Å². The van der Waals surface area contributed by atoms with E-state index in [1.165, 1.54) is 29.3 Å². The van der Waals surface area contributed by atoms with Crippen molar-refractivity contribution in [1.82, 2.24) is 9.88 Å². The summed E-state index contributed by atoms with van der Waals surface area (Å²) in [5, 5.41) is 4.89. The largest absolute Gasteiger partial charge is 0.379 e. The molecule has 1 aromatic carbocycles. The van der Waals surface area contributed by atoms with Gasteiger partial charge in [-0.05, 0) is 41.8 Å². The van der Waals surface area contributed by atoms with Crippen LogP contribution in [0.1, 0.15) is 32.3 Å². The summed E-state index contributed by atoms with van der Waals surface area (Å²) in [5.41, 5.74) is 2.69. The molecule has 0 aliphatic heterocycles. The first-order valence-corrected chi connectivity index (χ1v) is 8.11. The summed E-state index contributed by atoms with van der Waals surface area (Å²) in [4.78, 5) is 0. The zero-order valence-electron chi connectivity index (χ0n) is 13.1.